The lowest BCUT2D eigenvalue weighted by Crippen LogP contribution is -2.52. The summed E-state index contributed by atoms with van der Waals surface area (Å²) in [5.74, 6) is 0.108. The summed E-state index contributed by atoms with van der Waals surface area (Å²) in [6.45, 7) is 4.14. The third-order valence-corrected chi connectivity index (χ3v) is 5.85. The van der Waals surface area contributed by atoms with Crippen LogP contribution in [-0.4, -0.2) is 52.3 Å². The molecular weight excluding hydrogens is 367 g/mol. The Balaban J connectivity index is 1.49. The van der Waals surface area contributed by atoms with E-state index in [4.69, 9.17) is 0 Å². The molecule has 0 aromatic heterocycles. The van der Waals surface area contributed by atoms with E-state index in [0.717, 1.165) is 48.1 Å². The fourth-order valence-corrected chi connectivity index (χ4v) is 4.27. The topological polar surface area (TPSA) is 46.9 Å². The molecule has 1 heterocycles. The maximum Gasteiger partial charge on any atom is 0.123 e. The summed E-state index contributed by atoms with van der Waals surface area (Å²) < 4.78 is 13.2. The van der Waals surface area contributed by atoms with E-state index in [-0.39, 0.29) is 18.5 Å². The smallest absolute Gasteiger partial charge is 0.123 e. The van der Waals surface area contributed by atoms with Crippen LogP contribution in [-0.2, 0) is 13.1 Å². The van der Waals surface area contributed by atoms with Gasteiger partial charge >= 0.3 is 0 Å². The molecule has 1 aliphatic rings. The second-order valence-corrected chi connectivity index (χ2v) is 7.78. The fraction of sp³-hybridized carbons (Fsp3) is 0.333. The van der Waals surface area contributed by atoms with Crippen LogP contribution in [0.25, 0.3) is 10.8 Å². The highest BCUT2D eigenvalue weighted by Gasteiger charge is 2.27. The first-order chi connectivity index (χ1) is 14.1. The van der Waals surface area contributed by atoms with Crippen LogP contribution >= 0.6 is 0 Å². The minimum Gasteiger partial charge on any atom is -0.508 e. The molecular formula is C24H27FN2O2. The van der Waals surface area contributed by atoms with Crippen LogP contribution in [0.1, 0.15) is 17.5 Å². The van der Waals surface area contributed by atoms with Crippen molar-refractivity contribution in [3.8, 4) is 5.75 Å². The van der Waals surface area contributed by atoms with Crippen molar-refractivity contribution in [2.75, 3.05) is 26.2 Å². The van der Waals surface area contributed by atoms with Crippen LogP contribution in [0.3, 0.4) is 0 Å². The molecule has 1 saturated heterocycles. The average molecular weight is 394 g/mol. The summed E-state index contributed by atoms with van der Waals surface area (Å²) in [6, 6.07) is 18.7. The van der Waals surface area contributed by atoms with Gasteiger partial charge in [0, 0.05) is 50.9 Å². The molecule has 1 atom stereocenters. The van der Waals surface area contributed by atoms with Gasteiger partial charge in [-0.1, -0.05) is 42.5 Å². The van der Waals surface area contributed by atoms with E-state index >= 15 is 0 Å². The van der Waals surface area contributed by atoms with Gasteiger partial charge in [-0.25, -0.2) is 4.39 Å². The Kier molecular flexibility index (Phi) is 6.09. The summed E-state index contributed by atoms with van der Waals surface area (Å²) in [5, 5.41) is 22.2. The molecule has 5 heteroatoms. The van der Waals surface area contributed by atoms with Gasteiger partial charge in [-0.3, -0.25) is 9.80 Å². The monoisotopic (exact) mass is 394 g/mol. The minimum absolute atomic E-state index is 0.137. The SMILES string of the molecule is OCCC1CN(Cc2c(O)ccc3ccccc23)CCN1Cc1ccc(F)cc1. The van der Waals surface area contributed by atoms with Gasteiger partial charge in [0.1, 0.15) is 11.6 Å². The highest BCUT2D eigenvalue weighted by molar-refractivity contribution is 5.87. The van der Waals surface area contributed by atoms with Crippen LogP contribution in [0.15, 0.2) is 60.7 Å². The summed E-state index contributed by atoms with van der Waals surface area (Å²) in [5.41, 5.74) is 2.03. The Bertz CT molecular complexity index is 961. The van der Waals surface area contributed by atoms with Gasteiger partial charge in [-0.15, -0.1) is 0 Å². The first-order valence-electron chi connectivity index (χ1n) is 10.2. The Labute approximate surface area is 170 Å². The molecule has 0 spiro atoms. The van der Waals surface area contributed by atoms with Crippen molar-refractivity contribution in [2.45, 2.75) is 25.6 Å². The molecule has 0 amide bonds. The third kappa shape index (κ3) is 4.58. The molecule has 3 aromatic rings. The Morgan fingerprint density at radius 2 is 1.72 bits per heavy atom. The number of piperazine rings is 1. The van der Waals surface area contributed by atoms with Crippen LogP contribution in [0, 0.1) is 5.82 Å². The molecule has 29 heavy (non-hydrogen) atoms. The number of hydrogen-bond acceptors (Lipinski definition) is 4. The number of fused-ring (bicyclic) bond motifs is 1. The zero-order valence-corrected chi connectivity index (χ0v) is 16.5. The molecule has 0 bridgehead atoms. The number of aliphatic hydroxyl groups excluding tert-OH is 1. The lowest BCUT2D eigenvalue weighted by Gasteiger charge is -2.41. The molecule has 1 aliphatic heterocycles. The number of halogens is 1. The van der Waals surface area contributed by atoms with Crippen molar-refractivity contribution in [3.05, 3.63) is 77.6 Å². The Hall–Kier alpha value is -2.47. The average Bonchev–Trinajstić information content (AvgIpc) is 2.74. The van der Waals surface area contributed by atoms with Gasteiger partial charge in [0.05, 0.1) is 0 Å². The molecule has 4 rings (SSSR count). The van der Waals surface area contributed by atoms with E-state index in [1.54, 1.807) is 6.07 Å². The van der Waals surface area contributed by atoms with Gasteiger partial charge < -0.3 is 10.2 Å². The van der Waals surface area contributed by atoms with Crippen molar-refractivity contribution in [3.63, 3.8) is 0 Å². The summed E-state index contributed by atoms with van der Waals surface area (Å²) in [6.07, 6.45) is 0.694. The van der Waals surface area contributed by atoms with Crippen LogP contribution in [0.4, 0.5) is 4.39 Å². The first kappa shape index (κ1) is 19.8. The molecule has 4 nitrogen and oxygen atoms in total. The molecule has 2 N–H and O–H groups in total. The lowest BCUT2D eigenvalue weighted by molar-refractivity contribution is 0.0498. The standard InChI is InChI=1S/C24H27FN2O2/c25-20-8-5-18(6-9-20)15-27-13-12-26(16-21(27)11-14-28)17-23-22-4-2-1-3-19(22)7-10-24(23)29/h1-10,21,28-29H,11-17H2. The van der Waals surface area contributed by atoms with Crippen LogP contribution < -0.4 is 0 Å². The molecule has 3 aromatic carbocycles. The fourth-order valence-electron chi connectivity index (χ4n) is 4.27. The second kappa shape index (κ2) is 8.91. The second-order valence-electron chi connectivity index (χ2n) is 7.78. The van der Waals surface area contributed by atoms with E-state index in [0.29, 0.717) is 18.7 Å². The Morgan fingerprint density at radius 1 is 0.931 bits per heavy atom. The Morgan fingerprint density at radius 3 is 2.52 bits per heavy atom. The van der Waals surface area contributed by atoms with E-state index in [1.807, 2.05) is 30.3 Å². The van der Waals surface area contributed by atoms with Crippen molar-refractivity contribution >= 4 is 10.8 Å². The summed E-state index contributed by atoms with van der Waals surface area (Å²) >= 11 is 0. The first-order valence-corrected chi connectivity index (χ1v) is 10.2. The maximum absolute atomic E-state index is 13.2. The van der Waals surface area contributed by atoms with E-state index in [2.05, 4.69) is 21.9 Å². The van der Waals surface area contributed by atoms with Gasteiger partial charge in [-0.2, -0.15) is 0 Å². The number of hydrogen-bond donors (Lipinski definition) is 2. The zero-order chi connectivity index (χ0) is 20.2. The van der Waals surface area contributed by atoms with Gasteiger partial charge in [0.25, 0.3) is 0 Å². The minimum atomic E-state index is -0.222. The molecule has 152 valence electrons. The largest absolute Gasteiger partial charge is 0.508 e. The third-order valence-electron chi connectivity index (χ3n) is 5.85. The summed E-state index contributed by atoms with van der Waals surface area (Å²) in [4.78, 5) is 4.71. The number of aromatic hydroxyl groups is 1. The molecule has 0 saturated carbocycles. The normalized spacial score (nSPS) is 18.3. The number of rotatable bonds is 6. The van der Waals surface area contributed by atoms with Gasteiger partial charge in [0.2, 0.25) is 0 Å². The quantitative estimate of drug-likeness (QED) is 0.668. The number of benzene rings is 3. The number of phenolic OH excluding ortho intramolecular Hbond substituents is 1. The zero-order valence-electron chi connectivity index (χ0n) is 16.5. The van der Waals surface area contributed by atoms with E-state index in [1.165, 1.54) is 12.1 Å². The number of nitrogens with zero attached hydrogens (tertiary/aromatic N) is 2. The van der Waals surface area contributed by atoms with E-state index in [9.17, 15) is 14.6 Å². The molecule has 1 fully saturated rings. The van der Waals surface area contributed by atoms with E-state index < -0.39 is 0 Å². The van der Waals surface area contributed by atoms with Crippen molar-refractivity contribution < 1.29 is 14.6 Å². The molecule has 1 unspecified atom stereocenters. The van der Waals surface area contributed by atoms with Gasteiger partial charge in [-0.05, 0) is 41.0 Å². The van der Waals surface area contributed by atoms with Crippen molar-refractivity contribution in [2.24, 2.45) is 0 Å². The predicted molar refractivity (Wildman–Crippen MR) is 113 cm³/mol. The highest BCUT2D eigenvalue weighted by atomic mass is 19.1. The summed E-state index contributed by atoms with van der Waals surface area (Å²) in [7, 11) is 0. The highest BCUT2D eigenvalue weighted by Crippen LogP contribution is 2.29. The number of phenols is 1. The number of aliphatic hydroxyl groups is 1. The lowest BCUT2D eigenvalue weighted by atomic mass is 10.0. The maximum atomic E-state index is 13.2. The van der Waals surface area contributed by atoms with Gasteiger partial charge in [0.15, 0.2) is 0 Å². The predicted octanol–water partition coefficient (Wildman–Crippen LogP) is 3.75. The van der Waals surface area contributed by atoms with Crippen LogP contribution in [0.2, 0.25) is 0 Å². The van der Waals surface area contributed by atoms with Crippen LogP contribution in [0.5, 0.6) is 5.75 Å². The van der Waals surface area contributed by atoms with Crippen molar-refractivity contribution in [1.29, 1.82) is 0 Å². The molecule has 0 radical (unpaired) electrons. The molecule has 0 aliphatic carbocycles. The van der Waals surface area contributed by atoms with Crippen molar-refractivity contribution in [1.82, 2.24) is 9.80 Å².